The van der Waals surface area contributed by atoms with E-state index in [4.69, 9.17) is 15.1 Å². The van der Waals surface area contributed by atoms with E-state index in [1.54, 1.807) is 0 Å². The molecule has 0 bridgehead atoms. The Morgan fingerprint density at radius 3 is 2.68 bits per heavy atom. The molecule has 0 saturated heterocycles. The lowest BCUT2D eigenvalue weighted by molar-refractivity contribution is -0.138. The highest BCUT2D eigenvalue weighted by Crippen LogP contribution is 2.25. The van der Waals surface area contributed by atoms with Crippen LogP contribution in [0.15, 0.2) is 18.2 Å². The molecule has 1 aromatic rings. The zero-order valence-electron chi connectivity index (χ0n) is 10.4. The van der Waals surface area contributed by atoms with E-state index < -0.39 is 18.0 Å². The SMILES string of the molecule is COc1cc(C#N)ccc1NC(=O)N[C@@H](C)C(=O)O. The first-order valence-corrected chi connectivity index (χ1v) is 5.36. The predicted octanol–water partition coefficient (Wildman–Crippen LogP) is 1.16. The van der Waals surface area contributed by atoms with Crippen molar-refractivity contribution < 1.29 is 19.4 Å². The second kappa shape index (κ2) is 6.26. The number of nitrogens with one attached hydrogen (secondary N) is 2. The third kappa shape index (κ3) is 3.89. The number of benzene rings is 1. The van der Waals surface area contributed by atoms with Crippen LogP contribution >= 0.6 is 0 Å². The number of nitrogens with zero attached hydrogens (tertiary/aromatic N) is 1. The molecule has 1 rings (SSSR count). The molecule has 0 aliphatic carbocycles. The van der Waals surface area contributed by atoms with E-state index in [2.05, 4.69) is 10.6 Å². The van der Waals surface area contributed by atoms with Crippen molar-refractivity contribution in [3.05, 3.63) is 23.8 Å². The molecule has 0 spiro atoms. The van der Waals surface area contributed by atoms with Crippen LogP contribution in [0.4, 0.5) is 10.5 Å². The zero-order chi connectivity index (χ0) is 14.4. The number of nitriles is 1. The van der Waals surface area contributed by atoms with Crippen LogP contribution in [-0.4, -0.2) is 30.3 Å². The van der Waals surface area contributed by atoms with Crippen molar-refractivity contribution >= 4 is 17.7 Å². The molecule has 0 aromatic heterocycles. The summed E-state index contributed by atoms with van der Waals surface area (Å²) in [6.45, 7) is 1.35. The normalized spacial score (nSPS) is 11.0. The van der Waals surface area contributed by atoms with Gasteiger partial charge in [-0.1, -0.05) is 0 Å². The first-order chi connectivity index (χ1) is 8.97. The third-order valence-corrected chi connectivity index (χ3v) is 2.30. The van der Waals surface area contributed by atoms with Crippen LogP contribution in [0.2, 0.25) is 0 Å². The maximum atomic E-state index is 11.5. The minimum absolute atomic E-state index is 0.317. The van der Waals surface area contributed by atoms with E-state index in [1.165, 1.54) is 32.2 Å². The van der Waals surface area contributed by atoms with Gasteiger partial charge in [0.05, 0.1) is 24.4 Å². The van der Waals surface area contributed by atoms with E-state index in [9.17, 15) is 9.59 Å². The number of methoxy groups -OCH3 is 1. The van der Waals surface area contributed by atoms with Gasteiger partial charge < -0.3 is 20.5 Å². The smallest absolute Gasteiger partial charge is 0.325 e. The van der Waals surface area contributed by atoms with E-state index >= 15 is 0 Å². The number of urea groups is 1. The Morgan fingerprint density at radius 1 is 1.47 bits per heavy atom. The minimum atomic E-state index is -1.14. The van der Waals surface area contributed by atoms with Crippen molar-refractivity contribution in [2.45, 2.75) is 13.0 Å². The number of carboxylic acid groups (broad SMARTS) is 1. The molecule has 0 heterocycles. The third-order valence-electron chi connectivity index (χ3n) is 2.30. The van der Waals surface area contributed by atoms with Crippen molar-refractivity contribution in [2.75, 3.05) is 12.4 Å². The van der Waals surface area contributed by atoms with Gasteiger partial charge in [0.25, 0.3) is 0 Å². The summed E-state index contributed by atoms with van der Waals surface area (Å²) in [6, 6.07) is 4.75. The van der Waals surface area contributed by atoms with Crippen molar-refractivity contribution in [3.63, 3.8) is 0 Å². The van der Waals surface area contributed by atoms with Crippen LogP contribution in [0, 0.1) is 11.3 Å². The molecule has 1 aromatic carbocycles. The fourth-order valence-corrected chi connectivity index (χ4v) is 1.28. The van der Waals surface area contributed by atoms with Crippen molar-refractivity contribution in [1.29, 1.82) is 5.26 Å². The highest BCUT2D eigenvalue weighted by atomic mass is 16.5. The highest BCUT2D eigenvalue weighted by molar-refractivity contribution is 5.93. The van der Waals surface area contributed by atoms with Gasteiger partial charge in [-0.05, 0) is 19.1 Å². The summed E-state index contributed by atoms with van der Waals surface area (Å²) >= 11 is 0. The highest BCUT2D eigenvalue weighted by Gasteiger charge is 2.15. The molecule has 0 aliphatic heterocycles. The van der Waals surface area contributed by atoms with Gasteiger partial charge >= 0.3 is 12.0 Å². The lowest BCUT2D eigenvalue weighted by Gasteiger charge is -2.13. The summed E-state index contributed by atoms with van der Waals surface area (Å²) in [7, 11) is 1.40. The molecule has 0 unspecified atom stereocenters. The van der Waals surface area contributed by atoms with Gasteiger partial charge in [-0.2, -0.15) is 5.26 Å². The van der Waals surface area contributed by atoms with E-state index in [0.717, 1.165) is 0 Å². The first-order valence-electron chi connectivity index (χ1n) is 5.36. The molecular formula is C12H13N3O4. The second-order valence-electron chi connectivity index (χ2n) is 3.69. The Bertz CT molecular complexity index is 536. The zero-order valence-corrected chi connectivity index (χ0v) is 10.4. The Morgan fingerprint density at radius 2 is 2.16 bits per heavy atom. The fourth-order valence-electron chi connectivity index (χ4n) is 1.28. The Labute approximate surface area is 109 Å². The van der Waals surface area contributed by atoms with Gasteiger partial charge in [-0.15, -0.1) is 0 Å². The van der Waals surface area contributed by atoms with Gasteiger partial charge in [-0.25, -0.2) is 4.79 Å². The van der Waals surface area contributed by atoms with Crippen LogP contribution in [0.25, 0.3) is 0 Å². The molecular weight excluding hydrogens is 250 g/mol. The molecule has 7 heteroatoms. The Balaban J connectivity index is 2.80. The summed E-state index contributed by atoms with van der Waals surface area (Å²) in [5.41, 5.74) is 0.735. The topological polar surface area (TPSA) is 111 Å². The molecule has 0 fully saturated rings. The second-order valence-corrected chi connectivity index (χ2v) is 3.69. The number of hydrogen-bond acceptors (Lipinski definition) is 4. The number of anilines is 1. The Kier molecular flexibility index (Phi) is 4.71. The Hall–Kier alpha value is -2.75. The monoisotopic (exact) mass is 263 g/mol. The largest absolute Gasteiger partial charge is 0.495 e. The van der Waals surface area contributed by atoms with Gasteiger partial charge in [0.1, 0.15) is 11.8 Å². The number of amides is 2. The van der Waals surface area contributed by atoms with Gasteiger partial charge in [0.2, 0.25) is 0 Å². The van der Waals surface area contributed by atoms with Crippen molar-refractivity contribution in [3.8, 4) is 11.8 Å². The van der Waals surface area contributed by atoms with Crippen LogP contribution in [0.5, 0.6) is 5.75 Å². The molecule has 7 nitrogen and oxygen atoms in total. The average Bonchev–Trinajstić information content (AvgIpc) is 2.38. The summed E-state index contributed by atoms with van der Waals surface area (Å²) in [5.74, 6) is -0.820. The number of rotatable bonds is 4. The van der Waals surface area contributed by atoms with Crippen molar-refractivity contribution in [2.24, 2.45) is 0 Å². The number of hydrogen-bond donors (Lipinski definition) is 3. The molecule has 0 radical (unpaired) electrons. The van der Waals surface area contributed by atoms with E-state index in [0.29, 0.717) is 17.0 Å². The predicted molar refractivity (Wildman–Crippen MR) is 67.0 cm³/mol. The van der Waals surface area contributed by atoms with Crippen LogP contribution in [0.3, 0.4) is 0 Å². The number of aliphatic carboxylic acids is 1. The molecule has 19 heavy (non-hydrogen) atoms. The molecule has 0 saturated carbocycles. The molecule has 3 N–H and O–H groups in total. The first kappa shape index (κ1) is 14.3. The number of carboxylic acids is 1. The number of ether oxygens (including phenoxy) is 1. The fraction of sp³-hybridized carbons (Fsp3) is 0.250. The number of carbonyl (C=O) groups is 2. The van der Waals surface area contributed by atoms with Gasteiger partial charge in [0.15, 0.2) is 0 Å². The lowest BCUT2D eigenvalue weighted by atomic mass is 10.2. The lowest BCUT2D eigenvalue weighted by Crippen LogP contribution is -2.40. The van der Waals surface area contributed by atoms with Gasteiger partial charge in [-0.3, -0.25) is 4.79 Å². The van der Waals surface area contributed by atoms with Crippen LogP contribution in [-0.2, 0) is 4.79 Å². The van der Waals surface area contributed by atoms with Gasteiger partial charge in [0, 0.05) is 6.07 Å². The summed E-state index contributed by atoms with van der Waals surface area (Å²) in [6.07, 6.45) is 0. The number of carbonyl (C=O) groups excluding carboxylic acids is 1. The summed E-state index contributed by atoms with van der Waals surface area (Å²) < 4.78 is 5.03. The van der Waals surface area contributed by atoms with E-state index in [1.807, 2.05) is 6.07 Å². The molecule has 2 amide bonds. The summed E-state index contributed by atoms with van der Waals surface area (Å²) in [4.78, 5) is 22.1. The summed E-state index contributed by atoms with van der Waals surface area (Å²) in [5, 5.41) is 22.1. The molecule has 0 aliphatic rings. The molecule has 100 valence electrons. The minimum Gasteiger partial charge on any atom is -0.495 e. The molecule has 1 atom stereocenters. The quantitative estimate of drug-likeness (QED) is 0.754. The average molecular weight is 263 g/mol. The maximum Gasteiger partial charge on any atom is 0.325 e. The standard InChI is InChI=1S/C12H13N3O4/c1-7(11(16)17)14-12(18)15-9-4-3-8(6-13)5-10(9)19-2/h3-5,7H,1-2H3,(H,16,17)(H2,14,15,18)/t7-/m0/s1. The van der Waals surface area contributed by atoms with Crippen molar-refractivity contribution in [1.82, 2.24) is 5.32 Å². The van der Waals surface area contributed by atoms with E-state index in [-0.39, 0.29) is 0 Å². The van der Waals surface area contributed by atoms with Crippen LogP contribution < -0.4 is 15.4 Å². The van der Waals surface area contributed by atoms with Crippen LogP contribution in [0.1, 0.15) is 12.5 Å². The maximum absolute atomic E-state index is 11.5.